The van der Waals surface area contributed by atoms with Gasteiger partial charge in [0.1, 0.15) is 5.25 Å². The standard InChI is InChI=1S/C12H10N2O3S/c15-10-7-3-1-2-4-8(7)13-12(14-10)18-9-5-6-17-11(9)16/h1-4,9H,5-6H2,(H,13,14,15)/t9-/m1/s1. The van der Waals surface area contributed by atoms with E-state index in [9.17, 15) is 9.59 Å². The number of ether oxygens (including phenoxy) is 1. The number of fused-ring (bicyclic) bond motifs is 1. The summed E-state index contributed by atoms with van der Waals surface area (Å²) in [4.78, 5) is 30.2. The second-order valence-electron chi connectivity index (χ2n) is 3.95. The molecule has 0 radical (unpaired) electrons. The Morgan fingerprint density at radius 3 is 2.94 bits per heavy atom. The number of hydrogen-bond acceptors (Lipinski definition) is 5. The Hall–Kier alpha value is -1.82. The number of thioether (sulfide) groups is 1. The predicted octanol–water partition coefficient (Wildman–Crippen LogP) is 1.33. The Bertz CT molecular complexity index is 668. The molecule has 92 valence electrons. The number of hydrogen-bond donors (Lipinski definition) is 1. The van der Waals surface area contributed by atoms with E-state index in [0.717, 1.165) is 0 Å². The summed E-state index contributed by atoms with van der Waals surface area (Å²) >= 11 is 1.25. The van der Waals surface area contributed by atoms with Gasteiger partial charge in [0.2, 0.25) is 0 Å². The zero-order valence-corrected chi connectivity index (χ0v) is 10.2. The fraction of sp³-hybridized carbons (Fsp3) is 0.250. The molecule has 1 atom stereocenters. The van der Waals surface area contributed by atoms with Crippen LogP contribution in [0.25, 0.3) is 10.9 Å². The number of benzene rings is 1. The van der Waals surface area contributed by atoms with E-state index in [-0.39, 0.29) is 16.8 Å². The van der Waals surface area contributed by atoms with E-state index >= 15 is 0 Å². The minimum Gasteiger partial charge on any atom is -0.465 e. The van der Waals surface area contributed by atoms with Gasteiger partial charge in [-0.15, -0.1) is 0 Å². The van der Waals surface area contributed by atoms with Crippen molar-refractivity contribution < 1.29 is 9.53 Å². The number of cyclic esters (lactones) is 1. The molecule has 1 aliphatic heterocycles. The molecule has 1 fully saturated rings. The average molecular weight is 262 g/mol. The number of aromatic nitrogens is 2. The zero-order valence-electron chi connectivity index (χ0n) is 9.38. The van der Waals surface area contributed by atoms with Gasteiger partial charge < -0.3 is 9.72 Å². The normalized spacial score (nSPS) is 19.1. The van der Waals surface area contributed by atoms with Crippen molar-refractivity contribution in [3.8, 4) is 0 Å². The van der Waals surface area contributed by atoms with E-state index in [1.54, 1.807) is 18.2 Å². The van der Waals surface area contributed by atoms with Crippen molar-refractivity contribution in [3.05, 3.63) is 34.6 Å². The summed E-state index contributed by atoms with van der Waals surface area (Å²) in [6, 6.07) is 7.12. The number of carbonyl (C=O) groups is 1. The summed E-state index contributed by atoms with van der Waals surface area (Å²) in [6.07, 6.45) is 0.653. The number of carbonyl (C=O) groups excluding carboxylic acids is 1. The SMILES string of the molecule is O=C1OCC[C@H]1Sc1nc2ccccc2c(=O)[nH]1. The number of nitrogens with one attached hydrogen (secondary N) is 1. The molecular weight excluding hydrogens is 252 g/mol. The van der Waals surface area contributed by atoms with Crippen LogP contribution in [-0.2, 0) is 9.53 Å². The van der Waals surface area contributed by atoms with E-state index in [1.165, 1.54) is 11.8 Å². The van der Waals surface area contributed by atoms with Gasteiger partial charge in [0.25, 0.3) is 5.56 Å². The van der Waals surface area contributed by atoms with E-state index in [2.05, 4.69) is 9.97 Å². The number of nitrogens with zero attached hydrogens (tertiary/aromatic N) is 1. The fourth-order valence-corrected chi connectivity index (χ4v) is 2.79. The minimum atomic E-state index is -0.269. The number of para-hydroxylation sites is 1. The van der Waals surface area contributed by atoms with Crippen LogP contribution < -0.4 is 5.56 Å². The van der Waals surface area contributed by atoms with Gasteiger partial charge in [0.15, 0.2) is 5.16 Å². The van der Waals surface area contributed by atoms with E-state index in [4.69, 9.17) is 4.74 Å². The van der Waals surface area contributed by atoms with Gasteiger partial charge in [-0.1, -0.05) is 23.9 Å². The van der Waals surface area contributed by atoms with Crippen LogP contribution in [0.5, 0.6) is 0 Å². The highest BCUT2D eigenvalue weighted by Crippen LogP contribution is 2.26. The Kier molecular flexibility index (Phi) is 2.79. The third-order valence-corrected chi connectivity index (χ3v) is 3.86. The quantitative estimate of drug-likeness (QED) is 0.653. The number of aromatic amines is 1. The van der Waals surface area contributed by atoms with Crippen molar-refractivity contribution in [1.29, 1.82) is 0 Å². The first-order chi connectivity index (χ1) is 8.74. The maximum atomic E-state index is 11.8. The summed E-state index contributed by atoms with van der Waals surface area (Å²) < 4.78 is 4.88. The van der Waals surface area contributed by atoms with Crippen LogP contribution in [0, 0.1) is 0 Å². The largest absolute Gasteiger partial charge is 0.465 e. The second-order valence-corrected chi connectivity index (χ2v) is 5.14. The Morgan fingerprint density at radius 2 is 2.17 bits per heavy atom. The van der Waals surface area contributed by atoms with E-state index in [1.807, 2.05) is 6.07 Å². The number of rotatable bonds is 2. The average Bonchev–Trinajstić information content (AvgIpc) is 2.75. The third-order valence-electron chi connectivity index (χ3n) is 2.73. The topological polar surface area (TPSA) is 72.0 Å². The maximum Gasteiger partial charge on any atom is 0.319 e. The molecule has 2 aromatic rings. The summed E-state index contributed by atoms with van der Waals surface area (Å²) in [5, 5.41) is 0.743. The smallest absolute Gasteiger partial charge is 0.319 e. The van der Waals surface area contributed by atoms with Crippen molar-refractivity contribution in [2.24, 2.45) is 0 Å². The summed E-state index contributed by atoms with van der Waals surface area (Å²) in [5.74, 6) is -0.240. The van der Waals surface area contributed by atoms with Crippen molar-refractivity contribution in [2.75, 3.05) is 6.61 Å². The lowest BCUT2D eigenvalue weighted by Gasteiger charge is -2.05. The molecule has 3 rings (SSSR count). The molecule has 1 saturated heterocycles. The summed E-state index contributed by atoms with van der Waals surface area (Å²) in [6.45, 7) is 0.439. The Morgan fingerprint density at radius 1 is 1.33 bits per heavy atom. The van der Waals surface area contributed by atoms with Crippen molar-refractivity contribution in [2.45, 2.75) is 16.8 Å². The van der Waals surface area contributed by atoms with Gasteiger partial charge in [-0.25, -0.2) is 4.98 Å². The fourth-order valence-electron chi connectivity index (χ4n) is 1.84. The van der Waals surface area contributed by atoms with Gasteiger partial charge in [-0.2, -0.15) is 0 Å². The zero-order chi connectivity index (χ0) is 12.5. The lowest BCUT2D eigenvalue weighted by molar-refractivity contribution is -0.137. The molecule has 0 unspecified atom stereocenters. The number of H-pyrrole nitrogens is 1. The molecule has 0 amide bonds. The maximum absolute atomic E-state index is 11.8. The Balaban J connectivity index is 1.98. The predicted molar refractivity (Wildman–Crippen MR) is 67.6 cm³/mol. The van der Waals surface area contributed by atoms with Crippen LogP contribution in [0.15, 0.2) is 34.2 Å². The van der Waals surface area contributed by atoms with Crippen LogP contribution in [0.3, 0.4) is 0 Å². The van der Waals surface area contributed by atoms with Gasteiger partial charge in [-0.3, -0.25) is 9.59 Å². The van der Waals surface area contributed by atoms with E-state index in [0.29, 0.717) is 29.1 Å². The first kappa shape index (κ1) is 11.3. The molecule has 1 aliphatic rings. The number of esters is 1. The third kappa shape index (κ3) is 1.99. The van der Waals surface area contributed by atoms with Crippen molar-refractivity contribution >= 4 is 28.6 Å². The highest BCUT2D eigenvalue weighted by Gasteiger charge is 2.28. The molecule has 0 aliphatic carbocycles. The van der Waals surface area contributed by atoms with Crippen LogP contribution in [0.1, 0.15) is 6.42 Å². The van der Waals surface area contributed by atoms with E-state index < -0.39 is 0 Å². The highest BCUT2D eigenvalue weighted by molar-refractivity contribution is 8.00. The van der Waals surface area contributed by atoms with Gasteiger partial charge in [0, 0.05) is 6.42 Å². The Labute approximate surface area is 107 Å². The first-order valence-electron chi connectivity index (χ1n) is 5.56. The van der Waals surface area contributed by atoms with Crippen LogP contribution in [0.2, 0.25) is 0 Å². The molecule has 2 heterocycles. The van der Waals surface area contributed by atoms with Crippen LogP contribution >= 0.6 is 11.8 Å². The van der Waals surface area contributed by atoms with Crippen molar-refractivity contribution in [1.82, 2.24) is 9.97 Å². The molecule has 6 heteroatoms. The molecule has 0 saturated carbocycles. The monoisotopic (exact) mass is 262 g/mol. The van der Waals surface area contributed by atoms with Crippen molar-refractivity contribution in [3.63, 3.8) is 0 Å². The van der Waals surface area contributed by atoms with Gasteiger partial charge >= 0.3 is 5.97 Å². The van der Waals surface area contributed by atoms with Crippen LogP contribution in [0.4, 0.5) is 0 Å². The van der Waals surface area contributed by atoms with Gasteiger partial charge in [0.05, 0.1) is 17.5 Å². The summed E-state index contributed by atoms with van der Waals surface area (Å²) in [5.41, 5.74) is 0.449. The van der Waals surface area contributed by atoms with Gasteiger partial charge in [-0.05, 0) is 12.1 Å². The molecule has 1 aromatic heterocycles. The molecule has 1 N–H and O–H groups in total. The molecule has 1 aromatic carbocycles. The summed E-state index contributed by atoms with van der Waals surface area (Å²) in [7, 11) is 0. The molecule has 5 nitrogen and oxygen atoms in total. The second kappa shape index (κ2) is 4.45. The molecule has 0 bridgehead atoms. The molecule has 0 spiro atoms. The lowest BCUT2D eigenvalue weighted by atomic mass is 10.2. The minimum absolute atomic E-state index is 0.186. The molecule has 18 heavy (non-hydrogen) atoms. The lowest BCUT2D eigenvalue weighted by Crippen LogP contribution is -2.14. The highest BCUT2D eigenvalue weighted by atomic mass is 32.2. The first-order valence-corrected chi connectivity index (χ1v) is 6.44. The molecular formula is C12H10N2O3S. The van der Waals surface area contributed by atoms with Crippen LogP contribution in [-0.4, -0.2) is 27.8 Å².